The van der Waals surface area contributed by atoms with Crippen molar-refractivity contribution in [1.29, 1.82) is 0 Å². The summed E-state index contributed by atoms with van der Waals surface area (Å²) in [6, 6.07) is -0.0142. The molecule has 0 radical (unpaired) electrons. The number of nitrogens with two attached hydrogens (primary N) is 1. The van der Waals surface area contributed by atoms with Gasteiger partial charge in [0, 0.05) is 6.04 Å². The number of carbonyl (C=O) groups excluding carboxylic acids is 1. The molecule has 0 aliphatic heterocycles. The van der Waals surface area contributed by atoms with Crippen molar-refractivity contribution < 1.29 is 14.3 Å². The fourth-order valence-corrected chi connectivity index (χ4v) is 1.44. The Labute approximate surface area is 78.4 Å². The fourth-order valence-electron chi connectivity index (χ4n) is 1.44. The molecule has 1 saturated carbocycles. The molecule has 0 amide bonds. The van der Waals surface area contributed by atoms with E-state index in [1.54, 1.807) is 13.8 Å². The zero-order chi connectivity index (χ0) is 9.84. The lowest BCUT2D eigenvalue weighted by molar-refractivity contribution is 0.00503. The van der Waals surface area contributed by atoms with Gasteiger partial charge in [0.2, 0.25) is 0 Å². The van der Waals surface area contributed by atoms with Gasteiger partial charge in [-0.2, -0.15) is 0 Å². The van der Waals surface area contributed by atoms with Gasteiger partial charge in [-0.25, -0.2) is 4.79 Å². The summed E-state index contributed by atoms with van der Waals surface area (Å²) in [5.74, 6) is 0. The molecule has 1 fully saturated rings. The summed E-state index contributed by atoms with van der Waals surface area (Å²) in [5.41, 5.74) is 5.73. The van der Waals surface area contributed by atoms with E-state index in [0.717, 1.165) is 19.3 Å². The van der Waals surface area contributed by atoms with E-state index >= 15 is 0 Å². The summed E-state index contributed by atoms with van der Waals surface area (Å²) in [5, 5.41) is 0. The molecule has 1 rings (SSSR count). The topological polar surface area (TPSA) is 61.5 Å². The van der Waals surface area contributed by atoms with E-state index < -0.39 is 6.16 Å². The predicted molar refractivity (Wildman–Crippen MR) is 48.3 cm³/mol. The molecule has 0 saturated heterocycles. The van der Waals surface area contributed by atoms with Gasteiger partial charge in [0.15, 0.2) is 0 Å². The molecular weight excluding hydrogens is 170 g/mol. The number of hydrogen-bond acceptors (Lipinski definition) is 4. The SMILES string of the molecule is CC(C)OC(=O)OC1CCCC1N. The van der Waals surface area contributed by atoms with Gasteiger partial charge in [-0.1, -0.05) is 0 Å². The van der Waals surface area contributed by atoms with Crippen LogP contribution in [0.15, 0.2) is 0 Å². The Hall–Kier alpha value is -0.770. The van der Waals surface area contributed by atoms with Gasteiger partial charge in [-0.05, 0) is 33.1 Å². The first-order valence-electron chi connectivity index (χ1n) is 4.72. The van der Waals surface area contributed by atoms with Crippen LogP contribution in [0, 0.1) is 0 Å². The zero-order valence-corrected chi connectivity index (χ0v) is 8.16. The second-order valence-corrected chi connectivity index (χ2v) is 3.67. The zero-order valence-electron chi connectivity index (χ0n) is 8.16. The lowest BCUT2D eigenvalue weighted by Gasteiger charge is -2.16. The average Bonchev–Trinajstić information content (AvgIpc) is 2.34. The molecule has 76 valence electrons. The third-order valence-electron chi connectivity index (χ3n) is 2.08. The minimum atomic E-state index is -0.600. The second kappa shape index (κ2) is 4.46. The summed E-state index contributed by atoms with van der Waals surface area (Å²) >= 11 is 0. The van der Waals surface area contributed by atoms with Crippen LogP contribution in [0.5, 0.6) is 0 Å². The Morgan fingerprint density at radius 1 is 1.46 bits per heavy atom. The molecule has 0 aromatic carbocycles. The maximum absolute atomic E-state index is 11.1. The van der Waals surface area contributed by atoms with Crippen LogP contribution in [-0.4, -0.2) is 24.4 Å². The molecule has 2 N–H and O–H groups in total. The first-order valence-corrected chi connectivity index (χ1v) is 4.72. The fraction of sp³-hybridized carbons (Fsp3) is 0.889. The van der Waals surface area contributed by atoms with Crippen LogP contribution in [-0.2, 0) is 9.47 Å². The van der Waals surface area contributed by atoms with Gasteiger partial charge in [-0.15, -0.1) is 0 Å². The highest BCUT2D eigenvalue weighted by Gasteiger charge is 2.28. The van der Waals surface area contributed by atoms with Crippen molar-refractivity contribution >= 4 is 6.16 Å². The molecule has 1 aliphatic rings. The van der Waals surface area contributed by atoms with Crippen molar-refractivity contribution in [2.75, 3.05) is 0 Å². The van der Waals surface area contributed by atoms with Crippen molar-refractivity contribution in [3.8, 4) is 0 Å². The molecule has 4 nitrogen and oxygen atoms in total. The van der Waals surface area contributed by atoms with Gasteiger partial charge in [0.05, 0.1) is 6.10 Å². The minimum Gasteiger partial charge on any atom is -0.432 e. The Bertz CT molecular complexity index is 182. The Balaban J connectivity index is 2.27. The van der Waals surface area contributed by atoms with Crippen LogP contribution in [0.25, 0.3) is 0 Å². The second-order valence-electron chi connectivity index (χ2n) is 3.67. The first kappa shape index (κ1) is 10.3. The molecule has 13 heavy (non-hydrogen) atoms. The van der Waals surface area contributed by atoms with Crippen molar-refractivity contribution in [2.45, 2.75) is 51.4 Å². The van der Waals surface area contributed by atoms with E-state index in [4.69, 9.17) is 15.2 Å². The quantitative estimate of drug-likeness (QED) is 0.664. The van der Waals surface area contributed by atoms with E-state index in [-0.39, 0.29) is 18.2 Å². The highest BCUT2D eigenvalue weighted by Crippen LogP contribution is 2.20. The summed E-state index contributed by atoms with van der Waals surface area (Å²) < 4.78 is 9.89. The van der Waals surface area contributed by atoms with Crippen molar-refractivity contribution in [3.63, 3.8) is 0 Å². The smallest absolute Gasteiger partial charge is 0.432 e. The number of rotatable bonds is 2. The van der Waals surface area contributed by atoms with Crippen LogP contribution in [0.3, 0.4) is 0 Å². The van der Waals surface area contributed by atoms with Gasteiger partial charge in [0.25, 0.3) is 0 Å². The average molecular weight is 187 g/mol. The summed E-state index contributed by atoms with van der Waals surface area (Å²) in [4.78, 5) is 11.1. The molecule has 0 spiro atoms. The van der Waals surface area contributed by atoms with Crippen LogP contribution >= 0.6 is 0 Å². The Kier molecular flexibility index (Phi) is 3.54. The molecule has 0 aromatic rings. The normalized spacial score (nSPS) is 27.7. The van der Waals surface area contributed by atoms with Gasteiger partial charge < -0.3 is 15.2 Å². The summed E-state index contributed by atoms with van der Waals surface area (Å²) in [6.45, 7) is 3.58. The number of carbonyl (C=O) groups is 1. The van der Waals surface area contributed by atoms with E-state index in [0.29, 0.717) is 0 Å². The van der Waals surface area contributed by atoms with E-state index in [1.807, 2.05) is 0 Å². The van der Waals surface area contributed by atoms with Crippen LogP contribution in [0.2, 0.25) is 0 Å². The third kappa shape index (κ3) is 3.22. The summed E-state index contributed by atoms with van der Waals surface area (Å²) in [6.07, 6.45) is 1.93. The molecule has 2 unspecified atom stereocenters. The Morgan fingerprint density at radius 2 is 2.15 bits per heavy atom. The Morgan fingerprint density at radius 3 is 2.62 bits per heavy atom. The maximum Gasteiger partial charge on any atom is 0.508 e. The van der Waals surface area contributed by atoms with Crippen molar-refractivity contribution in [2.24, 2.45) is 5.73 Å². The number of hydrogen-bond donors (Lipinski definition) is 1. The first-order chi connectivity index (χ1) is 6.09. The third-order valence-corrected chi connectivity index (χ3v) is 2.08. The standard InChI is InChI=1S/C9H17NO3/c1-6(2)12-9(11)13-8-5-3-4-7(8)10/h6-8H,3-5,10H2,1-2H3. The predicted octanol–water partition coefficient (Wildman–Crippen LogP) is 1.43. The van der Waals surface area contributed by atoms with Crippen LogP contribution in [0.1, 0.15) is 33.1 Å². The van der Waals surface area contributed by atoms with Crippen molar-refractivity contribution in [1.82, 2.24) is 0 Å². The monoisotopic (exact) mass is 187 g/mol. The largest absolute Gasteiger partial charge is 0.508 e. The lowest BCUT2D eigenvalue weighted by atomic mass is 10.2. The van der Waals surface area contributed by atoms with E-state index in [9.17, 15) is 4.79 Å². The van der Waals surface area contributed by atoms with E-state index in [1.165, 1.54) is 0 Å². The molecule has 2 atom stereocenters. The molecule has 4 heteroatoms. The highest BCUT2D eigenvalue weighted by molar-refractivity contribution is 5.60. The molecular formula is C9H17NO3. The molecule has 0 heterocycles. The lowest BCUT2D eigenvalue weighted by Crippen LogP contribution is -2.33. The van der Waals surface area contributed by atoms with Crippen LogP contribution < -0.4 is 5.73 Å². The van der Waals surface area contributed by atoms with E-state index in [2.05, 4.69) is 0 Å². The maximum atomic E-state index is 11.1. The van der Waals surface area contributed by atoms with Gasteiger partial charge in [-0.3, -0.25) is 0 Å². The highest BCUT2D eigenvalue weighted by atomic mass is 16.7. The van der Waals surface area contributed by atoms with Gasteiger partial charge in [0.1, 0.15) is 6.10 Å². The molecule has 0 bridgehead atoms. The number of ether oxygens (including phenoxy) is 2. The molecule has 0 aromatic heterocycles. The van der Waals surface area contributed by atoms with Crippen LogP contribution in [0.4, 0.5) is 4.79 Å². The minimum absolute atomic E-state index is 0.0142. The summed E-state index contributed by atoms with van der Waals surface area (Å²) in [7, 11) is 0. The molecule has 1 aliphatic carbocycles. The van der Waals surface area contributed by atoms with Crippen molar-refractivity contribution in [3.05, 3.63) is 0 Å². The van der Waals surface area contributed by atoms with Gasteiger partial charge >= 0.3 is 6.16 Å².